The summed E-state index contributed by atoms with van der Waals surface area (Å²) in [7, 11) is 0. The highest BCUT2D eigenvalue weighted by Gasteiger charge is 2.21. The van der Waals surface area contributed by atoms with Crippen LogP contribution in [-0.4, -0.2) is 59.9 Å². The van der Waals surface area contributed by atoms with Gasteiger partial charge in [0.2, 0.25) is 0 Å². The van der Waals surface area contributed by atoms with Crippen molar-refractivity contribution in [2.45, 2.75) is 19.8 Å². The molecule has 1 fully saturated rings. The van der Waals surface area contributed by atoms with Gasteiger partial charge in [-0.25, -0.2) is 9.07 Å². The number of rotatable bonds is 6. The maximum atomic E-state index is 13.2. The lowest BCUT2D eigenvalue weighted by Crippen LogP contribution is -2.46. The van der Waals surface area contributed by atoms with Gasteiger partial charge in [0.1, 0.15) is 5.82 Å². The number of hydrogen-bond donors (Lipinski definition) is 2. The van der Waals surface area contributed by atoms with E-state index in [0.29, 0.717) is 12.1 Å². The molecule has 6 nitrogen and oxygen atoms in total. The summed E-state index contributed by atoms with van der Waals surface area (Å²) in [6.45, 7) is 9.51. The third-order valence-electron chi connectivity index (χ3n) is 4.59. The molecule has 2 heterocycles. The monoisotopic (exact) mass is 359 g/mol. The van der Waals surface area contributed by atoms with Crippen LogP contribution in [0.25, 0.3) is 5.69 Å². The van der Waals surface area contributed by atoms with Crippen LogP contribution in [0.1, 0.15) is 35.8 Å². The van der Waals surface area contributed by atoms with E-state index in [9.17, 15) is 9.18 Å². The number of carbonyl (C=O) groups is 1. The molecule has 2 aromatic rings. The molecule has 3 rings (SSSR count). The van der Waals surface area contributed by atoms with Crippen molar-refractivity contribution in [3.05, 3.63) is 47.5 Å². The van der Waals surface area contributed by atoms with E-state index < -0.39 is 0 Å². The van der Waals surface area contributed by atoms with Crippen molar-refractivity contribution in [2.24, 2.45) is 0 Å². The molecule has 1 amide bonds. The minimum Gasteiger partial charge on any atom is -0.351 e. The van der Waals surface area contributed by atoms with Crippen molar-refractivity contribution in [3.63, 3.8) is 0 Å². The fourth-order valence-electron chi connectivity index (χ4n) is 3.23. The largest absolute Gasteiger partial charge is 0.351 e. The van der Waals surface area contributed by atoms with Crippen LogP contribution in [0.2, 0.25) is 0 Å². The van der Waals surface area contributed by atoms with Crippen molar-refractivity contribution in [1.29, 1.82) is 0 Å². The van der Waals surface area contributed by atoms with Gasteiger partial charge in [-0.05, 0) is 30.2 Å². The topological polar surface area (TPSA) is 62.2 Å². The molecule has 140 valence electrons. The first kappa shape index (κ1) is 18.5. The molecule has 0 aliphatic carbocycles. The lowest BCUT2D eigenvalue weighted by Gasteiger charge is -2.27. The molecule has 1 aliphatic rings. The maximum absolute atomic E-state index is 13.2. The third kappa shape index (κ3) is 4.28. The van der Waals surface area contributed by atoms with Crippen LogP contribution in [0.4, 0.5) is 4.39 Å². The van der Waals surface area contributed by atoms with E-state index in [1.165, 1.54) is 12.1 Å². The highest BCUT2D eigenvalue weighted by Crippen LogP contribution is 2.23. The number of nitrogens with one attached hydrogen (secondary N) is 2. The Hall–Kier alpha value is -2.25. The molecular weight excluding hydrogens is 333 g/mol. The van der Waals surface area contributed by atoms with Gasteiger partial charge in [0, 0.05) is 39.3 Å². The van der Waals surface area contributed by atoms with E-state index in [2.05, 4.69) is 20.6 Å². The molecule has 1 aromatic carbocycles. The molecule has 7 heteroatoms. The van der Waals surface area contributed by atoms with Gasteiger partial charge in [0.05, 0.1) is 23.1 Å². The van der Waals surface area contributed by atoms with Gasteiger partial charge in [0.25, 0.3) is 5.91 Å². The number of halogens is 1. The minimum absolute atomic E-state index is 0.108. The van der Waals surface area contributed by atoms with Crippen LogP contribution in [-0.2, 0) is 0 Å². The average molecular weight is 359 g/mol. The second kappa shape index (κ2) is 8.42. The molecule has 1 aliphatic heterocycles. The van der Waals surface area contributed by atoms with Gasteiger partial charge in [-0.15, -0.1) is 0 Å². The Balaban J connectivity index is 1.70. The highest BCUT2D eigenvalue weighted by molar-refractivity contribution is 5.95. The molecule has 0 unspecified atom stereocenters. The summed E-state index contributed by atoms with van der Waals surface area (Å²) >= 11 is 0. The number of nitrogens with zero attached hydrogens (tertiary/aromatic N) is 3. The summed E-state index contributed by atoms with van der Waals surface area (Å²) in [5.74, 6) is -0.299. The summed E-state index contributed by atoms with van der Waals surface area (Å²) < 4.78 is 14.9. The second-order valence-electron chi connectivity index (χ2n) is 6.83. The lowest BCUT2D eigenvalue weighted by atomic mass is 10.0. The van der Waals surface area contributed by atoms with Gasteiger partial charge in [-0.1, -0.05) is 13.8 Å². The van der Waals surface area contributed by atoms with Crippen LogP contribution < -0.4 is 10.6 Å². The van der Waals surface area contributed by atoms with Crippen molar-refractivity contribution >= 4 is 5.91 Å². The van der Waals surface area contributed by atoms with Crippen LogP contribution in [0.3, 0.4) is 0 Å². The quantitative estimate of drug-likeness (QED) is 0.825. The van der Waals surface area contributed by atoms with Crippen molar-refractivity contribution in [3.8, 4) is 5.69 Å². The number of carbonyl (C=O) groups excluding carboxylic acids is 1. The Morgan fingerprint density at radius 1 is 1.27 bits per heavy atom. The average Bonchev–Trinajstić information content (AvgIpc) is 3.08. The van der Waals surface area contributed by atoms with E-state index in [1.54, 1.807) is 23.0 Å². The molecule has 0 saturated carbocycles. The number of piperazine rings is 1. The minimum atomic E-state index is -0.294. The number of hydrogen-bond acceptors (Lipinski definition) is 4. The lowest BCUT2D eigenvalue weighted by molar-refractivity contribution is 0.0946. The first-order chi connectivity index (χ1) is 12.6. The van der Waals surface area contributed by atoms with Crippen LogP contribution in [0, 0.1) is 5.82 Å². The Morgan fingerprint density at radius 2 is 1.96 bits per heavy atom. The van der Waals surface area contributed by atoms with Gasteiger partial charge in [-0.3, -0.25) is 9.69 Å². The Morgan fingerprint density at radius 3 is 2.62 bits per heavy atom. The number of benzene rings is 1. The zero-order valence-corrected chi connectivity index (χ0v) is 15.3. The van der Waals surface area contributed by atoms with E-state index in [0.717, 1.165) is 44.1 Å². The van der Waals surface area contributed by atoms with Gasteiger partial charge in [0.15, 0.2) is 0 Å². The van der Waals surface area contributed by atoms with E-state index >= 15 is 0 Å². The summed E-state index contributed by atoms with van der Waals surface area (Å²) in [4.78, 5) is 15.0. The van der Waals surface area contributed by atoms with Crippen LogP contribution in [0.5, 0.6) is 0 Å². The summed E-state index contributed by atoms with van der Waals surface area (Å²) in [6, 6.07) is 6.13. The van der Waals surface area contributed by atoms with Crippen molar-refractivity contribution < 1.29 is 9.18 Å². The Bertz CT molecular complexity index is 735. The van der Waals surface area contributed by atoms with E-state index in [4.69, 9.17) is 0 Å². The standard InChI is InChI=1S/C19H26FN5O/c1-14(2)18-17(13-23-25(18)16-5-3-15(20)4-6-16)19(26)22-9-12-24-10-7-21-8-11-24/h3-6,13-14,21H,7-12H2,1-2H3,(H,22,26). The zero-order valence-electron chi connectivity index (χ0n) is 15.3. The van der Waals surface area contributed by atoms with Gasteiger partial charge in [-0.2, -0.15) is 5.10 Å². The zero-order chi connectivity index (χ0) is 18.5. The summed E-state index contributed by atoms with van der Waals surface area (Å²) in [6.07, 6.45) is 1.60. The number of aromatic nitrogens is 2. The highest BCUT2D eigenvalue weighted by atomic mass is 19.1. The Labute approximate surface area is 153 Å². The fourth-order valence-corrected chi connectivity index (χ4v) is 3.23. The second-order valence-corrected chi connectivity index (χ2v) is 6.83. The molecular formula is C19H26FN5O. The molecule has 0 bridgehead atoms. The van der Waals surface area contributed by atoms with Crippen LogP contribution in [0.15, 0.2) is 30.5 Å². The normalized spacial score (nSPS) is 15.4. The van der Waals surface area contributed by atoms with Crippen molar-refractivity contribution in [2.75, 3.05) is 39.3 Å². The van der Waals surface area contributed by atoms with Gasteiger partial charge < -0.3 is 10.6 Å². The molecule has 2 N–H and O–H groups in total. The van der Waals surface area contributed by atoms with Crippen LogP contribution >= 0.6 is 0 Å². The van der Waals surface area contributed by atoms with Crippen molar-refractivity contribution in [1.82, 2.24) is 25.3 Å². The molecule has 26 heavy (non-hydrogen) atoms. The SMILES string of the molecule is CC(C)c1c(C(=O)NCCN2CCNCC2)cnn1-c1ccc(F)cc1. The fraction of sp³-hybridized carbons (Fsp3) is 0.474. The summed E-state index contributed by atoms with van der Waals surface area (Å²) in [5, 5.41) is 10.7. The van der Waals surface area contributed by atoms with Gasteiger partial charge >= 0.3 is 0 Å². The first-order valence-electron chi connectivity index (χ1n) is 9.11. The molecule has 0 atom stereocenters. The number of amides is 1. The van der Waals surface area contributed by atoms with E-state index in [-0.39, 0.29) is 17.6 Å². The molecule has 1 saturated heterocycles. The predicted molar refractivity (Wildman–Crippen MR) is 99.3 cm³/mol. The maximum Gasteiger partial charge on any atom is 0.254 e. The molecule has 0 radical (unpaired) electrons. The Kier molecular flexibility index (Phi) is 6.00. The smallest absolute Gasteiger partial charge is 0.254 e. The van der Waals surface area contributed by atoms with E-state index in [1.807, 2.05) is 13.8 Å². The molecule has 1 aromatic heterocycles. The third-order valence-corrected chi connectivity index (χ3v) is 4.59. The summed E-state index contributed by atoms with van der Waals surface area (Å²) in [5.41, 5.74) is 2.15. The molecule has 0 spiro atoms. The predicted octanol–water partition coefficient (Wildman–Crippen LogP) is 1.77. The first-order valence-corrected chi connectivity index (χ1v) is 9.11.